The van der Waals surface area contributed by atoms with Crippen LogP contribution in [-0.2, 0) is 17.7 Å². The molecule has 0 atom stereocenters. The molecule has 1 amide bonds. The maximum absolute atomic E-state index is 12.2. The minimum atomic E-state index is -0.0838. The molecule has 2 aliphatic heterocycles. The van der Waals surface area contributed by atoms with Gasteiger partial charge in [0.25, 0.3) is 5.91 Å². The van der Waals surface area contributed by atoms with Crippen molar-refractivity contribution in [3.63, 3.8) is 0 Å². The van der Waals surface area contributed by atoms with Crippen LogP contribution in [0.1, 0.15) is 21.7 Å². The monoisotopic (exact) mass is 279 g/mol. The molecule has 1 aromatic heterocycles. The second kappa shape index (κ2) is 6.34. The number of hydrogen-bond donors (Lipinski definition) is 3. The molecule has 0 spiro atoms. The number of morpholine rings is 1. The van der Waals surface area contributed by atoms with Crippen LogP contribution in [0.5, 0.6) is 0 Å². The van der Waals surface area contributed by atoms with Gasteiger partial charge in [0, 0.05) is 56.9 Å². The number of ether oxygens (including phenoxy) is 1. The minimum absolute atomic E-state index is 0.0838. The van der Waals surface area contributed by atoms with Crippen molar-refractivity contribution in [3.8, 4) is 0 Å². The van der Waals surface area contributed by atoms with Gasteiger partial charge in [0.1, 0.15) is 0 Å². The van der Waals surface area contributed by atoms with E-state index >= 15 is 0 Å². The highest BCUT2D eigenvalue weighted by Gasteiger charge is 2.21. The minimum Gasteiger partial charge on any atom is -0.379 e. The van der Waals surface area contributed by atoms with Crippen molar-refractivity contribution < 1.29 is 9.53 Å². The molecule has 0 aromatic carbocycles. The molecule has 0 saturated carbocycles. The summed E-state index contributed by atoms with van der Waals surface area (Å²) in [4.78, 5) is 14.5. The Bertz CT molecular complexity index is 467. The van der Waals surface area contributed by atoms with E-state index in [1.165, 1.54) is 0 Å². The van der Waals surface area contributed by atoms with Crippen LogP contribution in [0, 0.1) is 0 Å². The summed E-state index contributed by atoms with van der Waals surface area (Å²) in [6.07, 6.45) is 0.906. The van der Waals surface area contributed by atoms with Crippen molar-refractivity contribution in [1.29, 1.82) is 0 Å². The molecule has 7 heteroatoms. The molecule has 2 aliphatic rings. The summed E-state index contributed by atoms with van der Waals surface area (Å²) in [5, 5.41) is 13.3. The Balaban J connectivity index is 1.50. The Hall–Kier alpha value is -1.44. The number of fused-ring (bicyclic) bond motifs is 1. The lowest BCUT2D eigenvalue weighted by atomic mass is 10.1. The molecule has 20 heavy (non-hydrogen) atoms. The highest BCUT2D eigenvalue weighted by molar-refractivity contribution is 5.94. The van der Waals surface area contributed by atoms with Crippen LogP contribution in [0.4, 0.5) is 0 Å². The molecule has 3 N–H and O–H groups in total. The van der Waals surface area contributed by atoms with Crippen molar-refractivity contribution in [3.05, 3.63) is 17.0 Å². The standard InChI is InChI=1S/C13H21N5O2/c19-13(15-3-4-18-5-7-20-8-6-18)12-10-9-14-2-1-11(10)16-17-12/h14H,1-9H2,(H,15,19)(H,16,17). The van der Waals surface area contributed by atoms with E-state index in [4.69, 9.17) is 4.74 Å². The van der Waals surface area contributed by atoms with E-state index in [2.05, 4.69) is 25.7 Å². The number of aromatic amines is 1. The number of nitrogens with one attached hydrogen (secondary N) is 3. The van der Waals surface area contributed by atoms with Gasteiger partial charge >= 0.3 is 0 Å². The van der Waals surface area contributed by atoms with E-state index in [9.17, 15) is 4.79 Å². The summed E-state index contributed by atoms with van der Waals surface area (Å²) in [7, 11) is 0. The number of carbonyl (C=O) groups is 1. The molecule has 1 fully saturated rings. The van der Waals surface area contributed by atoms with Crippen LogP contribution in [0.15, 0.2) is 0 Å². The molecule has 3 heterocycles. The largest absolute Gasteiger partial charge is 0.379 e. The third kappa shape index (κ3) is 3.00. The molecule has 0 aliphatic carbocycles. The first-order valence-electron chi connectivity index (χ1n) is 7.20. The molecule has 1 saturated heterocycles. The molecule has 1 aromatic rings. The SMILES string of the molecule is O=C(NCCN1CCOCC1)c1n[nH]c2c1CNCC2. The average Bonchev–Trinajstić information content (AvgIpc) is 2.92. The highest BCUT2D eigenvalue weighted by Crippen LogP contribution is 2.14. The van der Waals surface area contributed by atoms with Crippen molar-refractivity contribution >= 4 is 5.91 Å². The lowest BCUT2D eigenvalue weighted by Crippen LogP contribution is -2.41. The van der Waals surface area contributed by atoms with Gasteiger partial charge in [-0.2, -0.15) is 5.10 Å². The zero-order chi connectivity index (χ0) is 13.8. The van der Waals surface area contributed by atoms with E-state index in [0.717, 1.165) is 63.6 Å². The van der Waals surface area contributed by atoms with Crippen molar-refractivity contribution in [2.45, 2.75) is 13.0 Å². The number of hydrogen-bond acceptors (Lipinski definition) is 5. The summed E-state index contributed by atoms with van der Waals surface area (Å²) >= 11 is 0. The van der Waals surface area contributed by atoms with Gasteiger partial charge in [-0.25, -0.2) is 0 Å². The topological polar surface area (TPSA) is 82.3 Å². The Kier molecular flexibility index (Phi) is 4.29. The molecule has 0 unspecified atom stereocenters. The summed E-state index contributed by atoms with van der Waals surface area (Å²) in [6, 6.07) is 0. The van der Waals surface area contributed by atoms with Gasteiger partial charge in [0.15, 0.2) is 5.69 Å². The number of carbonyl (C=O) groups excluding carboxylic acids is 1. The molecule has 0 bridgehead atoms. The lowest BCUT2D eigenvalue weighted by molar-refractivity contribution is 0.0383. The molecule has 3 rings (SSSR count). The fourth-order valence-electron chi connectivity index (χ4n) is 2.65. The van der Waals surface area contributed by atoms with Crippen molar-refractivity contribution in [2.24, 2.45) is 0 Å². The van der Waals surface area contributed by atoms with E-state index in [1.54, 1.807) is 0 Å². The van der Waals surface area contributed by atoms with Crippen LogP contribution in [-0.4, -0.2) is 66.9 Å². The van der Waals surface area contributed by atoms with Gasteiger partial charge in [0.2, 0.25) is 0 Å². The fraction of sp³-hybridized carbons (Fsp3) is 0.692. The smallest absolute Gasteiger partial charge is 0.272 e. The second-order valence-corrected chi connectivity index (χ2v) is 5.17. The van der Waals surface area contributed by atoms with Gasteiger partial charge in [-0.15, -0.1) is 0 Å². The first kappa shape index (κ1) is 13.5. The summed E-state index contributed by atoms with van der Waals surface area (Å²) in [6.45, 7) is 6.62. The van der Waals surface area contributed by atoms with E-state index < -0.39 is 0 Å². The van der Waals surface area contributed by atoms with Gasteiger partial charge in [0.05, 0.1) is 13.2 Å². The van der Waals surface area contributed by atoms with E-state index in [0.29, 0.717) is 12.2 Å². The molecular weight excluding hydrogens is 258 g/mol. The molecule has 110 valence electrons. The zero-order valence-electron chi connectivity index (χ0n) is 11.6. The molecule has 7 nitrogen and oxygen atoms in total. The van der Waals surface area contributed by atoms with Crippen molar-refractivity contribution in [2.75, 3.05) is 45.9 Å². The van der Waals surface area contributed by atoms with Gasteiger partial charge in [-0.05, 0) is 0 Å². The van der Waals surface area contributed by atoms with Crippen LogP contribution >= 0.6 is 0 Å². The zero-order valence-corrected chi connectivity index (χ0v) is 11.6. The molecular formula is C13H21N5O2. The quantitative estimate of drug-likeness (QED) is 0.666. The van der Waals surface area contributed by atoms with Gasteiger partial charge < -0.3 is 15.4 Å². The Labute approximate surface area is 118 Å². The number of nitrogens with zero attached hydrogens (tertiary/aromatic N) is 2. The van der Waals surface area contributed by atoms with E-state index in [-0.39, 0.29) is 5.91 Å². The van der Waals surface area contributed by atoms with Crippen LogP contribution in [0.25, 0.3) is 0 Å². The van der Waals surface area contributed by atoms with Crippen LogP contribution in [0.3, 0.4) is 0 Å². The Morgan fingerprint density at radius 1 is 1.40 bits per heavy atom. The molecule has 0 radical (unpaired) electrons. The summed E-state index contributed by atoms with van der Waals surface area (Å²) in [5.41, 5.74) is 2.64. The van der Waals surface area contributed by atoms with Crippen molar-refractivity contribution in [1.82, 2.24) is 25.7 Å². The maximum Gasteiger partial charge on any atom is 0.272 e. The summed E-state index contributed by atoms with van der Waals surface area (Å²) < 4.78 is 5.30. The fourth-order valence-corrected chi connectivity index (χ4v) is 2.65. The third-order valence-electron chi connectivity index (χ3n) is 3.84. The van der Waals surface area contributed by atoms with Gasteiger partial charge in [-0.3, -0.25) is 14.8 Å². The number of aromatic nitrogens is 2. The van der Waals surface area contributed by atoms with Gasteiger partial charge in [-0.1, -0.05) is 0 Å². The highest BCUT2D eigenvalue weighted by atomic mass is 16.5. The van der Waals surface area contributed by atoms with Crippen LogP contribution in [0.2, 0.25) is 0 Å². The van der Waals surface area contributed by atoms with Crippen LogP contribution < -0.4 is 10.6 Å². The normalized spacial score (nSPS) is 19.6. The third-order valence-corrected chi connectivity index (χ3v) is 3.84. The second-order valence-electron chi connectivity index (χ2n) is 5.17. The summed E-state index contributed by atoms with van der Waals surface area (Å²) in [5.74, 6) is -0.0838. The number of H-pyrrole nitrogens is 1. The first-order chi connectivity index (χ1) is 9.84. The maximum atomic E-state index is 12.2. The Morgan fingerprint density at radius 3 is 3.10 bits per heavy atom. The number of rotatable bonds is 4. The number of amides is 1. The lowest BCUT2D eigenvalue weighted by Gasteiger charge is -2.26. The predicted octanol–water partition coefficient (Wildman–Crippen LogP) is -0.883. The average molecular weight is 279 g/mol. The first-order valence-corrected chi connectivity index (χ1v) is 7.20. The van der Waals surface area contributed by atoms with E-state index in [1.807, 2.05) is 0 Å². The predicted molar refractivity (Wildman–Crippen MR) is 73.6 cm³/mol. The Morgan fingerprint density at radius 2 is 2.25 bits per heavy atom.